The van der Waals surface area contributed by atoms with E-state index in [1.54, 1.807) is 24.5 Å². The van der Waals surface area contributed by atoms with Gasteiger partial charge in [0.2, 0.25) is 0 Å². The predicted octanol–water partition coefficient (Wildman–Crippen LogP) is 2.78. The summed E-state index contributed by atoms with van der Waals surface area (Å²) in [7, 11) is 0. The molecule has 0 spiro atoms. The average molecular weight is 246 g/mol. The molecule has 2 aromatic rings. The fourth-order valence-corrected chi connectivity index (χ4v) is 1.72. The first-order valence-corrected chi connectivity index (χ1v) is 5.78. The summed E-state index contributed by atoms with van der Waals surface area (Å²) in [6, 6.07) is 8.44. The number of nitrogens with zero attached hydrogens (tertiary/aromatic N) is 1. The Kier molecular flexibility index (Phi) is 3.89. The molecule has 1 aromatic carbocycles. The SMILES string of the molecule is C[C@@H](NCc1cccc(F)c1O)c1cccnc1. The van der Waals surface area contributed by atoms with E-state index in [-0.39, 0.29) is 11.8 Å². The molecule has 94 valence electrons. The predicted molar refractivity (Wildman–Crippen MR) is 67.6 cm³/mol. The maximum Gasteiger partial charge on any atom is 0.165 e. The van der Waals surface area contributed by atoms with Crippen LogP contribution < -0.4 is 5.32 Å². The number of halogens is 1. The summed E-state index contributed by atoms with van der Waals surface area (Å²) in [5.41, 5.74) is 1.60. The molecular weight excluding hydrogens is 231 g/mol. The van der Waals surface area contributed by atoms with Crippen LogP contribution in [0.4, 0.5) is 4.39 Å². The van der Waals surface area contributed by atoms with Crippen LogP contribution in [-0.2, 0) is 6.54 Å². The van der Waals surface area contributed by atoms with Crippen molar-refractivity contribution in [3.05, 3.63) is 59.7 Å². The van der Waals surface area contributed by atoms with E-state index in [4.69, 9.17) is 0 Å². The Labute approximate surface area is 105 Å². The Morgan fingerprint density at radius 1 is 1.33 bits per heavy atom. The van der Waals surface area contributed by atoms with E-state index in [0.29, 0.717) is 12.1 Å². The molecule has 2 rings (SSSR count). The Morgan fingerprint density at radius 3 is 2.89 bits per heavy atom. The molecule has 0 saturated heterocycles. The fourth-order valence-electron chi connectivity index (χ4n) is 1.72. The molecular formula is C14H15FN2O. The van der Waals surface area contributed by atoms with Gasteiger partial charge in [-0.25, -0.2) is 4.39 Å². The van der Waals surface area contributed by atoms with Gasteiger partial charge in [-0.1, -0.05) is 18.2 Å². The second-order valence-electron chi connectivity index (χ2n) is 4.14. The van der Waals surface area contributed by atoms with Crippen molar-refractivity contribution in [2.75, 3.05) is 0 Å². The fraction of sp³-hybridized carbons (Fsp3) is 0.214. The highest BCUT2D eigenvalue weighted by Gasteiger charge is 2.09. The van der Waals surface area contributed by atoms with Crippen molar-refractivity contribution in [2.24, 2.45) is 0 Å². The quantitative estimate of drug-likeness (QED) is 0.872. The minimum absolute atomic E-state index is 0.0846. The van der Waals surface area contributed by atoms with E-state index in [2.05, 4.69) is 10.3 Å². The molecule has 0 aliphatic rings. The number of hydrogen-bond acceptors (Lipinski definition) is 3. The summed E-state index contributed by atoms with van der Waals surface area (Å²) in [4.78, 5) is 4.04. The van der Waals surface area contributed by atoms with Gasteiger partial charge in [-0.05, 0) is 24.6 Å². The van der Waals surface area contributed by atoms with Crippen molar-refractivity contribution >= 4 is 0 Å². The van der Waals surface area contributed by atoms with Gasteiger partial charge in [-0.15, -0.1) is 0 Å². The first kappa shape index (κ1) is 12.5. The molecule has 0 aliphatic carbocycles. The van der Waals surface area contributed by atoms with Crippen molar-refractivity contribution in [2.45, 2.75) is 19.5 Å². The van der Waals surface area contributed by atoms with Crippen LogP contribution in [0.25, 0.3) is 0 Å². The summed E-state index contributed by atoms with van der Waals surface area (Å²) < 4.78 is 13.1. The van der Waals surface area contributed by atoms with Crippen molar-refractivity contribution in [1.29, 1.82) is 0 Å². The Bertz CT molecular complexity index is 516. The third-order valence-corrected chi connectivity index (χ3v) is 2.85. The van der Waals surface area contributed by atoms with Crippen molar-refractivity contribution < 1.29 is 9.50 Å². The molecule has 0 aliphatic heterocycles. The molecule has 1 aromatic heterocycles. The summed E-state index contributed by atoms with van der Waals surface area (Å²) >= 11 is 0. The van der Waals surface area contributed by atoms with E-state index in [9.17, 15) is 9.50 Å². The third kappa shape index (κ3) is 2.84. The van der Waals surface area contributed by atoms with E-state index in [0.717, 1.165) is 5.56 Å². The number of aromatic hydroxyl groups is 1. The number of rotatable bonds is 4. The summed E-state index contributed by atoms with van der Waals surface area (Å²) in [6.07, 6.45) is 3.50. The molecule has 3 nitrogen and oxygen atoms in total. The monoisotopic (exact) mass is 246 g/mol. The van der Waals surface area contributed by atoms with E-state index in [1.165, 1.54) is 6.07 Å². The summed E-state index contributed by atoms with van der Waals surface area (Å²) in [6.45, 7) is 2.40. The molecule has 0 amide bonds. The maximum absolute atomic E-state index is 13.1. The minimum atomic E-state index is -0.594. The van der Waals surface area contributed by atoms with E-state index < -0.39 is 5.82 Å². The molecule has 0 fully saturated rings. The molecule has 0 saturated carbocycles. The van der Waals surface area contributed by atoms with Gasteiger partial charge in [0, 0.05) is 30.5 Å². The third-order valence-electron chi connectivity index (χ3n) is 2.85. The van der Waals surface area contributed by atoms with Crippen LogP contribution in [0.1, 0.15) is 24.1 Å². The number of benzene rings is 1. The zero-order chi connectivity index (χ0) is 13.0. The first-order chi connectivity index (χ1) is 8.68. The average Bonchev–Trinajstić information content (AvgIpc) is 2.41. The van der Waals surface area contributed by atoms with Crippen LogP contribution in [0.15, 0.2) is 42.7 Å². The van der Waals surface area contributed by atoms with Crippen LogP contribution >= 0.6 is 0 Å². The highest BCUT2D eigenvalue weighted by molar-refractivity contribution is 5.33. The number of pyridine rings is 1. The van der Waals surface area contributed by atoms with Gasteiger partial charge in [-0.2, -0.15) is 0 Å². The van der Waals surface area contributed by atoms with Crippen molar-refractivity contribution in [3.8, 4) is 5.75 Å². The van der Waals surface area contributed by atoms with Gasteiger partial charge in [0.15, 0.2) is 11.6 Å². The maximum atomic E-state index is 13.1. The lowest BCUT2D eigenvalue weighted by atomic mass is 10.1. The Morgan fingerprint density at radius 2 is 2.17 bits per heavy atom. The largest absolute Gasteiger partial charge is 0.505 e. The van der Waals surface area contributed by atoms with Gasteiger partial charge in [0.05, 0.1) is 0 Å². The lowest BCUT2D eigenvalue weighted by Gasteiger charge is -2.14. The van der Waals surface area contributed by atoms with E-state index in [1.807, 2.05) is 19.1 Å². The molecule has 2 N–H and O–H groups in total. The van der Waals surface area contributed by atoms with Crippen molar-refractivity contribution in [3.63, 3.8) is 0 Å². The Balaban J connectivity index is 2.02. The number of hydrogen-bond donors (Lipinski definition) is 2. The lowest BCUT2D eigenvalue weighted by Crippen LogP contribution is -2.18. The summed E-state index contributed by atoms with van der Waals surface area (Å²) in [5, 5.41) is 12.8. The lowest BCUT2D eigenvalue weighted by molar-refractivity contribution is 0.421. The number of phenolic OH excluding ortho intramolecular Hbond substituents is 1. The number of phenols is 1. The first-order valence-electron chi connectivity index (χ1n) is 5.78. The summed E-state index contributed by atoms with van der Waals surface area (Å²) in [5.74, 6) is -0.883. The topological polar surface area (TPSA) is 45.1 Å². The Hall–Kier alpha value is -1.94. The molecule has 4 heteroatoms. The number of aromatic nitrogens is 1. The number of nitrogens with one attached hydrogen (secondary N) is 1. The standard InChI is InChI=1S/C14H15FN2O/c1-10(11-5-3-7-16-8-11)17-9-12-4-2-6-13(15)14(12)18/h2-8,10,17-18H,9H2,1H3/t10-/m1/s1. The van der Waals surface area contributed by atoms with E-state index >= 15 is 0 Å². The van der Waals surface area contributed by atoms with Crippen LogP contribution in [0, 0.1) is 5.82 Å². The molecule has 1 atom stereocenters. The normalized spacial score (nSPS) is 12.3. The van der Waals surface area contributed by atoms with Gasteiger partial charge < -0.3 is 10.4 Å². The molecule has 0 bridgehead atoms. The molecule has 18 heavy (non-hydrogen) atoms. The van der Waals surface area contributed by atoms with Crippen LogP contribution in [-0.4, -0.2) is 10.1 Å². The second-order valence-corrected chi connectivity index (χ2v) is 4.14. The van der Waals surface area contributed by atoms with Crippen LogP contribution in [0.3, 0.4) is 0 Å². The van der Waals surface area contributed by atoms with Gasteiger partial charge in [0.25, 0.3) is 0 Å². The molecule has 0 radical (unpaired) electrons. The highest BCUT2D eigenvalue weighted by atomic mass is 19.1. The number of para-hydroxylation sites is 1. The van der Waals surface area contributed by atoms with Crippen LogP contribution in [0.5, 0.6) is 5.75 Å². The van der Waals surface area contributed by atoms with Crippen LogP contribution in [0.2, 0.25) is 0 Å². The minimum Gasteiger partial charge on any atom is -0.505 e. The molecule has 1 heterocycles. The zero-order valence-corrected chi connectivity index (χ0v) is 10.1. The second kappa shape index (κ2) is 5.60. The zero-order valence-electron chi connectivity index (χ0n) is 10.1. The van der Waals surface area contributed by atoms with Crippen molar-refractivity contribution in [1.82, 2.24) is 10.3 Å². The molecule has 0 unspecified atom stereocenters. The van der Waals surface area contributed by atoms with Gasteiger partial charge in [-0.3, -0.25) is 4.98 Å². The smallest absolute Gasteiger partial charge is 0.165 e. The highest BCUT2D eigenvalue weighted by Crippen LogP contribution is 2.21. The van der Waals surface area contributed by atoms with Gasteiger partial charge in [0.1, 0.15) is 0 Å². The van der Waals surface area contributed by atoms with Gasteiger partial charge >= 0.3 is 0 Å².